The molecule has 156 valence electrons. The van der Waals surface area contributed by atoms with Crippen LogP contribution >= 0.6 is 0 Å². The summed E-state index contributed by atoms with van der Waals surface area (Å²) < 4.78 is 33.1. The zero-order valence-electron chi connectivity index (χ0n) is 16.9. The van der Waals surface area contributed by atoms with Gasteiger partial charge in [-0.2, -0.15) is 0 Å². The van der Waals surface area contributed by atoms with Crippen molar-refractivity contribution in [1.82, 2.24) is 5.32 Å². The topological polar surface area (TPSA) is 84.5 Å². The SMILES string of the molecule is Cc1ccc(S(=O)(=O)Nc2ccc(C(=O)NCCOc3ccccc3C)cc2)cc1. The molecule has 0 bridgehead atoms. The van der Waals surface area contributed by atoms with E-state index in [1.54, 1.807) is 48.5 Å². The van der Waals surface area contributed by atoms with Crippen LogP contribution in [0.5, 0.6) is 5.75 Å². The highest BCUT2D eigenvalue weighted by Crippen LogP contribution is 2.18. The number of benzene rings is 3. The summed E-state index contributed by atoms with van der Waals surface area (Å²) in [6, 6.07) is 20.5. The summed E-state index contributed by atoms with van der Waals surface area (Å²) >= 11 is 0. The molecule has 0 aliphatic carbocycles. The van der Waals surface area contributed by atoms with Gasteiger partial charge in [0.05, 0.1) is 11.4 Å². The van der Waals surface area contributed by atoms with Crippen LogP contribution in [0.3, 0.4) is 0 Å². The summed E-state index contributed by atoms with van der Waals surface area (Å²) in [6.07, 6.45) is 0. The van der Waals surface area contributed by atoms with Gasteiger partial charge in [0.2, 0.25) is 0 Å². The third-order valence-corrected chi connectivity index (χ3v) is 5.87. The van der Waals surface area contributed by atoms with Crippen molar-refractivity contribution in [2.75, 3.05) is 17.9 Å². The maximum absolute atomic E-state index is 12.4. The zero-order chi connectivity index (χ0) is 21.6. The smallest absolute Gasteiger partial charge is 0.261 e. The molecule has 0 spiro atoms. The lowest BCUT2D eigenvalue weighted by atomic mass is 10.2. The minimum absolute atomic E-state index is 0.184. The van der Waals surface area contributed by atoms with Gasteiger partial charge in [-0.1, -0.05) is 35.9 Å². The number of rotatable bonds is 8. The zero-order valence-corrected chi connectivity index (χ0v) is 17.7. The highest BCUT2D eigenvalue weighted by atomic mass is 32.2. The third-order valence-electron chi connectivity index (χ3n) is 4.47. The fraction of sp³-hybridized carbons (Fsp3) is 0.174. The molecule has 3 rings (SSSR count). The second-order valence-electron chi connectivity index (χ2n) is 6.87. The molecule has 0 aromatic heterocycles. The predicted octanol–water partition coefficient (Wildman–Crippen LogP) is 3.91. The average molecular weight is 425 g/mol. The molecular weight excluding hydrogens is 400 g/mol. The Hall–Kier alpha value is -3.32. The fourth-order valence-electron chi connectivity index (χ4n) is 2.77. The molecule has 0 aliphatic rings. The van der Waals surface area contributed by atoms with Gasteiger partial charge < -0.3 is 10.1 Å². The molecule has 3 aromatic carbocycles. The molecule has 0 heterocycles. The highest BCUT2D eigenvalue weighted by Gasteiger charge is 2.14. The minimum atomic E-state index is -3.68. The first-order chi connectivity index (χ1) is 14.3. The second-order valence-corrected chi connectivity index (χ2v) is 8.55. The molecule has 0 fully saturated rings. The minimum Gasteiger partial charge on any atom is -0.491 e. The van der Waals surface area contributed by atoms with Crippen molar-refractivity contribution in [2.24, 2.45) is 0 Å². The van der Waals surface area contributed by atoms with E-state index in [9.17, 15) is 13.2 Å². The lowest BCUT2D eigenvalue weighted by molar-refractivity contribution is 0.0947. The van der Waals surface area contributed by atoms with Crippen molar-refractivity contribution in [3.8, 4) is 5.75 Å². The van der Waals surface area contributed by atoms with Gasteiger partial charge in [-0.15, -0.1) is 0 Å². The molecule has 0 saturated heterocycles. The number of nitrogens with one attached hydrogen (secondary N) is 2. The van der Waals surface area contributed by atoms with E-state index in [4.69, 9.17) is 4.74 Å². The van der Waals surface area contributed by atoms with E-state index in [1.165, 1.54) is 0 Å². The number of ether oxygens (including phenoxy) is 1. The predicted molar refractivity (Wildman–Crippen MR) is 117 cm³/mol. The molecule has 0 unspecified atom stereocenters. The molecule has 0 radical (unpaired) electrons. The monoisotopic (exact) mass is 424 g/mol. The van der Waals surface area contributed by atoms with Crippen molar-refractivity contribution >= 4 is 21.6 Å². The number of para-hydroxylation sites is 1. The third kappa shape index (κ3) is 5.61. The number of hydrogen-bond acceptors (Lipinski definition) is 4. The molecule has 7 heteroatoms. The Labute approximate surface area is 177 Å². The van der Waals surface area contributed by atoms with Crippen LogP contribution in [0.25, 0.3) is 0 Å². The maximum atomic E-state index is 12.4. The summed E-state index contributed by atoms with van der Waals surface area (Å²) in [4.78, 5) is 12.5. The van der Waals surface area contributed by atoms with Gasteiger partial charge >= 0.3 is 0 Å². The Morgan fingerprint density at radius 1 is 0.900 bits per heavy atom. The summed E-state index contributed by atoms with van der Waals surface area (Å²) in [5.74, 6) is 0.535. The summed E-state index contributed by atoms with van der Waals surface area (Å²) in [5, 5.41) is 2.78. The van der Waals surface area contributed by atoms with Crippen molar-refractivity contribution in [1.29, 1.82) is 0 Å². The summed E-state index contributed by atoms with van der Waals surface area (Å²) in [7, 11) is -3.68. The highest BCUT2D eigenvalue weighted by molar-refractivity contribution is 7.92. The van der Waals surface area contributed by atoms with Crippen molar-refractivity contribution in [3.05, 3.63) is 89.5 Å². The van der Waals surface area contributed by atoms with Gasteiger partial charge in [0, 0.05) is 11.3 Å². The second kappa shape index (κ2) is 9.45. The molecule has 1 amide bonds. The lowest BCUT2D eigenvalue weighted by Crippen LogP contribution is -2.28. The van der Waals surface area contributed by atoms with E-state index in [0.717, 1.165) is 16.9 Å². The summed E-state index contributed by atoms with van der Waals surface area (Å²) in [6.45, 7) is 4.56. The largest absolute Gasteiger partial charge is 0.491 e. The number of sulfonamides is 1. The standard InChI is InChI=1S/C23H24N2O4S/c1-17-7-13-21(14-8-17)30(27,28)25-20-11-9-19(10-12-20)23(26)24-15-16-29-22-6-4-3-5-18(22)2/h3-14,25H,15-16H2,1-2H3,(H,24,26). The van der Waals surface area contributed by atoms with E-state index >= 15 is 0 Å². The van der Waals surface area contributed by atoms with Crippen LogP contribution in [0.15, 0.2) is 77.7 Å². The Balaban J connectivity index is 1.52. The molecule has 6 nitrogen and oxygen atoms in total. The van der Waals surface area contributed by atoms with Crippen molar-refractivity contribution < 1.29 is 17.9 Å². The first-order valence-electron chi connectivity index (χ1n) is 9.51. The molecule has 3 aromatic rings. The quantitative estimate of drug-likeness (QED) is 0.537. The average Bonchev–Trinajstić information content (AvgIpc) is 2.73. The Morgan fingerprint density at radius 3 is 2.23 bits per heavy atom. The van der Waals surface area contributed by atoms with Crippen molar-refractivity contribution in [3.63, 3.8) is 0 Å². The van der Waals surface area contributed by atoms with Crippen LogP contribution in [0.1, 0.15) is 21.5 Å². The number of aryl methyl sites for hydroxylation is 2. The maximum Gasteiger partial charge on any atom is 0.261 e. The van der Waals surface area contributed by atoms with Crippen LogP contribution in [-0.4, -0.2) is 27.5 Å². The summed E-state index contributed by atoms with van der Waals surface area (Å²) in [5.41, 5.74) is 2.83. The van der Waals surface area contributed by atoms with Crippen LogP contribution in [0.4, 0.5) is 5.69 Å². The fourth-order valence-corrected chi connectivity index (χ4v) is 3.83. The first-order valence-corrected chi connectivity index (χ1v) is 11.0. The Morgan fingerprint density at radius 2 is 1.57 bits per heavy atom. The molecule has 0 saturated carbocycles. The van der Waals surface area contributed by atoms with Crippen molar-refractivity contribution in [2.45, 2.75) is 18.7 Å². The van der Waals surface area contributed by atoms with Gasteiger partial charge in [-0.05, 0) is 61.9 Å². The van der Waals surface area contributed by atoms with Crippen LogP contribution < -0.4 is 14.8 Å². The normalized spacial score (nSPS) is 11.0. The molecule has 30 heavy (non-hydrogen) atoms. The van der Waals surface area contributed by atoms with Crippen LogP contribution in [-0.2, 0) is 10.0 Å². The van der Waals surface area contributed by atoms with Gasteiger partial charge in [-0.3, -0.25) is 9.52 Å². The van der Waals surface area contributed by atoms with E-state index in [0.29, 0.717) is 24.4 Å². The van der Waals surface area contributed by atoms with Gasteiger partial charge in [0.15, 0.2) is 0 Å². The Kier molecular flexibility index (Phi) is 6.74. The van der Waals surface area contributed by atoms with Gasteiger partial charge in [0.25, 0.3) is 15.9 Å². The van der Waals surface area contributed by atoms with Gasteiger partial charge in [-0.25, -0.2) is 8.42 Å². The van der Waals surface area contributed by atoms with Crippen LogP contribution in [0.2, 0.25) is 0 Å². The van der Waals surface area contributed by atoms with Gasteiger partial charge in [0.1, 0.15) is 12.4 Å². The number of hydrogen-bond donors (Lipinski definition) is 2. The van der Waals surface area contributed by atoms with E-state index in [2.05, 4.69) is 10.0 Å². The number of carbonyl (C=O) groups excluding carboxylic acids is 1. The first kappa shape index (κ1) is 21.4. The molecule has 0 atom stereocenters. The number of amides is 1. The number of anilines is 1. The lowest BCUT2D eigenvalue weighted by Gasteiger charge is -2.11. The molecule has 0 aliphatic heterocycles. The van der Waals surface area contributed by atoms with E-state index in [1.807, 2.05) is 38.1 Å². The van der Waals surface area contributed by atoms with Crippen LogP contribution in [0, 0.1) is 13.8 Å². The van der Waals surface area contributed by atoms with E-state index in [-0.39, 0.29) is 10.8 Å². The number of carbonyl (C=O) groups is 1. The van der Waals surface area contributed by atoms with E-state index < -0.39 is 10.0 Å². The Bertz CT molecular complexity index is 1110. The molecule has 2 N–H and O–H groups in total. The molecular formula is C23H24N2O4S.